The summed E-state index contributed by atoms with van der Waals surface area (Å²) in [5, 5.41) is 3.28. The van der Waals surface area contributed by atoms with Gasteiger partial charge in [-0.15, -0.1) is 0 Å². The van der Waals surface area contributed by atoms with E-state index in [0.29, 0.717) is 11.6 Å². The number of halogens is 3. The molecule has 0 aromatic heterocycles. The summed E-state index contributed by atoms with van der Waals surface area (Å²) in [5.41, 5.74) is 1.01. The average Bonchev–Trinajstić information content (AvgIpc) is 2.99. The topological polar surface area (TPSA) is 18.5 Å². The monoisotopic (exact) mass is 327 g/mol. The van der Waals surface area contributed by atoms with Crippen molar-refractivity contribution in [3.05, 3.63) is 29.3 Å². The Bertz CT molecular complexity index is 530. The quantitative estimate of drug-likeness (QED) is 0.921. The third kappa shape index (κ3) is 4.18. The second-order valence-electron chi connectivity index (χ2n) is 6.74. The van der Waals surface area contributed by atoms with Crippen molar-refractivity contribution >= 4 is 5.69 Å². The minimum Gasteiger partial charge on any atom is -0.369 e. The van der Waals surface area contributed by atoms with Crippen LogP contribution in [0.2, 0.25) is 0 Å². The van der Waals surface area contributed by atoms with Crippen LogP contribution < -0.4 is 10.2 Å². The predicted molar refractivity (Wildman–Crippen MR) is 85.8 cm³/mol. The maximum absolute atomic E-state index is 13.3. The summed E-state index contributed by atoms with van der Waals surface area (Å²) in [6, 6.07) is 4.60. The van der Waals surface area contributed by atoms with Gasteiger partial charge in [-0.25, -0.2) is 0 Å². The Kier molecular flexibility index (Phi) is 4.82. The van der Waals surface area contributed by atoms with E-state index in [-0.39, 0.29) is 0 Å². The zero-order valence-corrected chi connectivity index (χ0v) is 13.5. The standard InChI is InChI=1S/C17H24F3N3/c1-22-4-6-23(7-5-22)16-10-14(8-13-2-3-21-12-13)9-15(11-16)17(18,19)20/h9-11,13,21H,2-8,12H2,1H3/t13-/m1/s1. The van der Waals surface area contributed by atoms with Crippen LogP contribution in [0.15, 0.2) is 18.2 Å². The fourth-order valence-electron chi connectivity index (χ4n) is 3.42. The van der Waals surface area contributed by atoms with Crippen LogP contribution >= 0.6 is 0 Å². The maximum atomic E-state index is 13.3. The number of piperazine rings is 1. The van der Waals surface area contributed by atoms with E-state index in [1.165, 1.54) is 12.1 Å². The molecular formula is C17H24F3N3. The molecule has 0 spiro atoms. The van der Waals surface area contributed by atoms with Crippen LogP contribution in [-0.4, -0.2) is 51.2 Å². The van der Waals surface area contributed by atoms with Crippen LogP contribution in [0.4, 0.5) is 18.9 Å². The molecule has 2 aliphatic rings. The molecule has 2 aliphatic heterocycles. The van der Waals surface area contributed by atoms with Crippen LogP contribution in [-0.2, 0) is 12.6 Å². The molecule has 0 unspecified atom stereocenters. The Morgan fingerprint density at radius 3 is 2.48 bits per heavy atom. The second kappa shape index (κ2) is 6.69. The number of anilines is 1. The molecule has 0 aliphatic carbocycles. The largest absolute Gasteiger partial charge is 0.416 e. The van der Waals surface area contributed by atoms with Gasteiger partial charge < -0.3 is 15.1 Å². The summed E-state index contributed by atoms with van der Waals surface area (Å²) < 4.78 is 39.8. The first-order chi connectivity index (χ1) is 10.9. The van der Waals surface area contributed by atoms with Crippen molar-refractivity contribution in [2.24, 2.45) is 5.92 Å². The summed E-state index contributed by atoms with van der Waals surface area (Å²) >= 11 is 0. The zero-order valence-electron chi connectivity index (χ0n) is 13.5. The van der Waals surface area contributed by atoms with E-state index in [9.17, 15) is 13.2 Å². The fraction of sp³-hybridized carbons (Fsp3) is 0.647. The van der Waals surface area contributed by atoms with Crippen molar-refractivity contribution < 1.29 is 13.2 Å². The highest BCUT2D eigenvalue weighted by Gasteiger charge is 2.32. The molecule has 3 rings (SSSR count). The minimum absolute atomic E-state index is 0.443. The Morgan fingerprint density at radius 1 is 1.13 bits per heavy atom. The smallest absolute Gasteiger partial charge is 0.369 e. The van der Waals surface area contributed by atoms with E-state index in [4.69, 9.17) is 0 Å². The third-order valence-corrected chi connectivity index (χ3v) is 4.86. The first-order valence-corrected chi connectivity index (χ1v) is 8.27. The molecule has 1 atom stereocenters. The van der Waals surface area contributed by atoms with E-state index >= 15 is 0 Å². The molecular weight excluding hydrogens is 303 g/mol. The molecule has 23 heavy (non-hydrogen) atoms. The van der Waals surface area contributed by atoms with Crippen molar-refractivity contribution in [3.63, 3.8) is 0 Å². The first-order valence-electron chi connectivity index (χ1n) is 8.27. The highest BCUT2D eigenvalue weighted by Crippen LogP contribution is 2.34. The molecule has 128 valence electrons. The number of benzene rings is 1. The highest BCUT2D eigenvalue weighted by atomic mass is 19.4. The molecule has 0 radical (unpaired) electrons. The van der Waals surface area contributed by atoms with E-state index in [2.05, 4.69) is 15.1 Å². The summed E-state index contributed by atoms with van der Waals surface area (Å²) in [7, 11) is 2.04. The van der Waals surface area contributed by atoms with Crippen molar-refractivity contribution in [2.75, 3.05) is 51.2 Å². The van der Waals surface area contributed by atoms with Gasteiger partial charge in [-0.3, -0.25) is 0 Å². The summed E-state index contributed by atoms with van der Waals surface area (Å²) in [4.78, 5) is 4.28. The van der Waals surface area contributed by atoms with Gasteiger partial charge in [-0.1, -0.05) is 0 Å². The first kappa shape index (κ1) is 16.6. The molecule has 3 nitrogen and oxygen atoms in total. The van der Waals surface area contributed by atoms with Crippen LogP contribution in [0, 0.1) is 5.92 Å². The van der Waals surface area contributed by atoms with Gasteiger partial charge in [-0.2, -0.15) is 13.2 Å². The predicted octanol–water partition coefficient (Wildman–Crippen LogP) is 2.61. The number of nitrogens with zero attached hydrogens (tertiary/aromatic N) is 2. The second-order valence-corrected chi connectivity index (χ2v) is 6.74. The van der Waals surface area contributed by atoms with Gasteiger partial charge in [0, 0.05) is 31.9 Å². The molecule has 0 bridgehead atoms. The van der Waals surface area contributed by atoms with Crippen LogP contribution in [0.5, 0.6) is 0 Å². The number of likely N-dealkylation sites (N-methyl/N-ethyl adjacent to an activating group) is 1. The summed E-state index contributed by atoms with van der Waals surface area (Å²) in [6.07, 6.45) is -2.52. The van der Waals surface area contributed by atoms with Gasteiger partial charge >= 0.3 is 6.18 Å². The lowest BCUT2D eigenvalue weighted by atomic mass is 9.96. The number of nitrogens with one attached hydrogen (secondary N) is 1. The average molecular weight is 327 g/mol. The van der Waals surface area contributed by atoms with Crippen LogP contribution in [0.1, 0.15) is 17.5 Å². The molecule has 6 heteroatoms. The molecule has 2 fully saturated rings. The molecule has 2 heterocycles. The normalized spacial score (nSPS) is 23.5. The lowest BCUT2D eigenvalue weighted by Gasteiger charge is -2.34. The van der Waals surface area contributed by atoms with Crippen molar-refractivity contribution in [1.82, 2.24) is 10.2 Å². The number of hydrogen-bond donors (Lipinski definition) is 1. The van der Waals surface area contributed by atoms with Gasteiger partial charge in [0.2, 0.25) is 0 Å². The Labute approximate surface area is 135 Å². The van der Waals surface area contributed by atoms with E-state index in [1.54, 1.807) is 0 Å². The van der Waals surface area contributed by atoms with E-state index in [1.807, 2.05) is 13.1 Å². The molecule has 0 saturated carbocycles. The van der Waals surface area contributed by atoms with Gasteiger partial charge in [0.25, 0.3) is 0 Å². The summed E-state index contributed by atoms with van der Waals surface area (Å²) in [5.74, 6) is 0.443. The maximum Gasteiger partial charge on any atom is 0.416 e. The van der Waals surface area contributed by atoms with Gasteiger partial charge in [-0.05, 0) is 62.7 Å². The Morgan fingerprint density at radius 2 is 1.87 bits per heavy atom. The van der Waals surface area contributed by atoms with Crippen LogP contribution in [0.25, 0.3) is 0 Å². The highest BCUT2D eigenvalue weighted by molar-refractivity contribution is 5.52. The summed E-state index contributed by atoms with van der Waals surface area (Å²) in [6.45, 7) is 5.20. The van der Waals surface area contributed by atoms with Gasteiger partial charge in [0.1, 0.15) is 0 Å². The molecule has 0 amide bonds. The SMILES string of the molecule is CN1CCN(c2cc(C[C@H]3CCNC3)cc(C(F)(F)F)c2)CC1. The number of rotatable bonds is 3. The van der Waals surface area contributed by atoms with Crippen LogP contribution in [0.3, 0.4) is 0 Å². The lowest BCUT2D eigenvalue weighted by molar-refractivity contribution is -0.137. The fourth-order valence-corrected chi connectivity index (χ4v) is 3.42. The number of hydrogen-bond acceptors (Lipinski definition) is 3. The van der Waals surface area contributed by atoms with Crippen molar-refractivity contribution in [3.8, 4) is 0 Å². The Hall–Kier alpha value is -1.27. The lowest BCUT2D eigenvalue weighted by Crippen LogP contribution is -2.44. The zero-order chi connectivity index (χ0) is 16.4. The van der Waals surface area contributed by atoms with Crippen molar-refractivity contribution in [1.29, 1.82) is 0 Å². The number of alkyl halides is 3. The molecule has 1 N–H and O–H groups in total. The van der Waals surface area contributed by atoms with Gasteiger partial charge in [0.15, 0.2) is 0 Å². The van der Waals surface area contributed by atoms with E-state index < -0.39 is 11.7 Å². The van der Waals surface area contributed by atoms with E-state index in [0.717, 1.165) is 57.7 Å². The molecule has 2 saturated heterocycles. The van der Waals surface area contributed by atoms with Gasteiger partial charge in [0.05, 0.1) is 5.56 Å². The molecule has 1 aromatic rings. The third-order valence-electron chi connectivity index (χ3n) is 4.86. The minimum atomic E-state index is -4.29. The molecule has 1 aromatic carbocycles. The Balaban J connectivity index is 1.85. The van der Waals surface area contributed by atoms with Crippen molar-refractivity contribution in [2.45, 2.75) is 19.0 Å².